The molecule has 2 aliphatic heterocycles. The van der Waals surface area contributed by atoms with E-state index in [-0.39, 0.29) is 13.2 Å². The van der Waals surface area contributed by atoms with Gasteiger partial charge >= 0.3 is 0 Å². The molecule has 38 heavy (non-hydrogen) atoms. The van der Waals surface area contributed by atoms with Crippen molar-refractivity contribution in [3.63, 3.8) is 0 Å². The summed E-state index contributed by atoms with van der Waals surface area (Å²) in [5.41, 5.74) is 2.77. The average Bonchev–Trinajstić information content (AvgIpc) is 3.33. The van der Waals surface area contributed by atoms with E-state index in [1.165, 1.54) is 37.0 Å². The summed E-state index contributed by atoms with van der Waals surface area (Å²) < 4.78 is 0. The van der Waals surface area contributed by atoms with Crippen LogP contribution in [0, 0.1) is 13.8 Å². The highest BCUT2D eigenvalue weighted by molar-refractivity contribution is 8.02. The molecule has 0 radical (unpaired) electrons. The number of anilines is 1. The van der Waals surface area contributed by atoms with Crippen LogP contribution < -0.4 is 5.32 Å². The third kappa shape index (κ3) is 10.7. The largest absolute Gasteiger partial charge is 0.394 e. The van der Waals surface area contributed by atoms with Crippen molar-refractivity contribution >= 4 is 47.7 Å². The van der Waals surface area contributed by atoms with Crippen LogP contribution in [-0.2, 0) is 4.79 Å². The van der Waals surface area contributed by atoms with Crippen LogP contribution in [-0.4, -0.2) is 74.5 Å². The minimum Gasteiger partial charge on any atom is -0.394 e. The lowest BCUT2D eigenvalue weighted by Crippen LogP contribution is -2.57. The number of aromatic nitrogens is 2. The molecule has 2 aromatic rings. The number of rotatable bonds is 9. The molecule has 0 spiro atoms. The number of carbonyl (C=O) groups is 1. The molecule has 2 saturated heterocycles. The van der Waals surface area contributed by atoms with Crippen molar-refractivity contribution in [2.45, 2.75) is 64.6 Å². The van der Waals surface area contributed by atoms with Crippen molar-refractivity contribution in [2.75, 3.05) is 24.4 Å². The lowest BCUT2D eigenvalue weighted by atomic mass is 9.80. The summed E-state index contributed by atoms with van der Waals surface area (Å²) >= 11 is 3.02. The highest BCUT2D eigenvalue weighted by Crippen LogP contribution is 2.36. The molecule has 9 nitrogen and oxygen atoms in total. The number of aliphatic hydroxyl groups excluding tert-OH is 3. The minimum absolute atomic E-state index is 0.125. The van der Waals surface area contributed by atoms with Gasteiger partial charge in [0, 0.05) is 18.3 Å². The standard InChI is InChI=1S/C16H20N4OS2.C7H11NO.C2H6O2.C2H4/c1-10-5-6-14(18-7-10)19-9-22-8-13(17-4)15-11(2)20-16(23-15)12(3)21;9-5-8-6-2-1-3-7(8)4-6;3-1-2-4;1-2/h5-8,12,21H,4,9H2,1-3H3,(H,18,19);5-7H,1-4H2;3-4H,1-2H2;1-2H2/b13-8-;;;/t;6-,7+;;. The van der Waals surface area contributed by atoms with Crippen molar-refractivity contribution in [3.8, 4) is 0 Å². The van der Waals surface area contributed by atoms with Gasteiger partial charge in [0.1, 0.15) is 16.9 Å². The van der Waals surface area contributed by atoms with Crippen LogP contribution in [0.3, 0.4) is 0 Å². The van der Waals surface area contributed by atoms with Crippen molar-refractivity contribution in [1.82, 2.24) is 14.9 Å². The number of aryl methyl sites for hydroxylation is 2. The number of thioether (sulfide) groups is 1. The number of nitrogens with one attached hydrogen (secondary N) is 1. The number of aliphatic imine (C=N–C) groups is 1. The highest BCUT2D eigenvalue weighted by Gasteiger charge is 2.39. The minimum atomic E-state index is -0.569. The maximum atomic E-state index is 10.3. The molecule has 4 N–H and O–H groups in total. The van der Waals surface area contributed by atoms with Crippen LogP contribution in [0.1, 0.15) is 59.9 Å². The van der Waals surface area contributed by atoms with Gasteiger partial charge in [-0.1, -0.05) is 6.07 Å². The molecule has 210 valence electrons. The van der Waals surface area contributed by atoms with Gasteiger partial charge in [0.25, 0.3) is 0 Å². The molecule has 2 aromatic heterocycles. The molecular formula is C27H41N5O4S2. The van der Waals surface area contributed by atoms with Crippen molar-refractivity contribution in [3.05, 3.63) is 58.0 Å². The summed E-state index contributed by atoms with van der Waals surface area (Å²) in [4.78, 5) is 26.0. The third-order valence-corrected chi connectivity index (χ3v) is 7.75. The van der Waals surface area contributed by atoms with Gasteiger partial charge in [-0.2, -0.15) is 0 Å². The van der Waals surface area contributed by atoms with Gasteiger partial charge in [-0.15, -0.1) is 36.3 Å². The smallest absolute Gasteiger partial charge is 0.210 e. The van der Waals surface area contributed by atoms with E-state index in [0.29, 0.717) is 23.0 Å². The Kier molecular flexibility index (Phi) is 16.4. The van der Waals surface area contributed by atoms with E-state index in [9.17, 15) is 9.90 Å². The number of piperidine rings is 1. The molecule has 11 heteroatoms. The fourth-order valence-corrected chi connectivity index (χ4v) is 5.54. The van der Waals surface area contributed by atoms with E-state index in [1.54, 1.807) is 18.7 Å². The molecule has 5 rings (SSSR count). The second-order valence-corrected chi connectivity index (χ2v) is 10.4. The quantitative estimate of drug-likeness (QED) is 0.115. The third-order valence-electron chi connectivity index (χ3n) is 5.70. The average molecular weight is 564 g/mol. The molecule has 1 unspecified atom stereocenters. The summed E-state index contributed by atoms with van der Waals surface area (Å²) in [5, 5.41) is 30.8. The second-order valence-electron chi connectivity index (χ2n) is 8.49. The Hall–Kier alpha value is -2.57. The molecule has 3 aliphatic rings. The molecule has 1 saturated carbocycles. The predicted molar refractivity (Wildman–Crippen MR) is 159 cm³/mol. The van der Waals surface area contributed by atoms with Gasteiger partial charge in [0.05, 0.1) is 35.4 Å². The molecule has 4 heterocycles. The summed E-state index contributed by atoms with van der Waals surface area (Å²) in [5.74, 6) is 1.52. The van der Waals surface area contributed by atoms with Gasteiger partial charge in [-0.25, -0.2) is 9.97 Å². The Labute approximate surface area is 234 Å². The number of thiazole rings is 1. The van der Waals surface area contributed by atoms with E-state index in [0.717, 1.165) is 34.1 Å². The fourth-order valence-electron chi connectivity index (χ4n) is 3.82. The Bertz CT molecular complexity index is 982. The summed E-state index contributed by atoms with van der Waals surface area (Å²) in [6.07, 6.45) is 7.37. The number of hydrogen-bond donors (Lipinski definition) is 4. The Morgan fingerprint density at radius 2 is 1.95 bits per heavy atom. The molecule has 1 amide bonds. The maximum Gasteiger partial charge on any atom is 0.210 e. The lowest BCUT2D eigenvalue weighted by molar-refractivity contribution is -0.134. The first-order valence-electron chi connectivity index (χ1n) is 12.4. The van der Waals surface area contributed by atoms with Gasteiger partial charge < -0.3 is 25.5 Å². The summed E-state index contributed by atoms with van der Waals surface area (Å²) in [7, 11) is 0. The van der Waals surface area contributed by atoms with E-state index in [1.807, 2.05) is 42.5 Å². The summed E-state index contributed by atoms with van der Waals surface area (Å²) in [6.45, 7) is 15.0. The van der Waals surface area contributed by atoms with E-state index >= 15 is 0 Å². The van der Waals surface area contributed by atoms with Gasteiger partial charge in [-0.3, -0.25) is 9.79 Å². The van der Waals surface area contributed by atoms with Crippen LogP contribution in [0.2, 0.25) is 0 Å². The van der Waals surface area contributed by atoms with E-state index in [4.69, 9.17) is 10.2 Å². The Balaban J connectivity index is 0.000000392. The van der Waals surface area contributed by atoms with Crippen LogP contribution in [0.25, 0.3) is 5.70 Å². The normalized spacial score (nSPS) is 18.2. The molecule has 1 aliphatic carbocycles. The van der Waals surface area contributed by atoms with Gasteiger partial charge in [0.2, 0.25) is 6.41 Å². The molecular weight excluding hydrogens is 522 g/mol. The predicted octanol–water partition coefficient (Wildman–Crippen LogP) is 4.55. The van der Waals surface area contributed by atoms with Crippen LogP contribution in [0.5, 0.6) is 0 Å². The SMILES string of the molecule is C=C.C=N/C(=C\SCNc1ccc(C)cn1)c1sc(C(C)O)nc1C.O=CN1[C@@H]2CCC[C@H]1C2.OCCO. The Morgan fingerprint density at radius 3 is 2.37 bits per heavy atom. The number of amides is 1. The maximum absolute atomic E-state index is 10.3. The van der Waals surface area contributed by atoms with Crippen LogP contribution >= 0.6 is 23.1 Å². The highest BCUT2D eigenvalue weighted by atomic mass is 32.2. The van der Waals surface area contributed by atoms with Crippen LogP contribution in [0.15, 0.2) is 41.9 Å². The first-order chi connectivity index (χ1) is 18.3. The number of carbonyl (C=O) groups excluding carboxylic acids is 1. The molecule has 0 aromatic carbocycles. The molecule has 2 bridgehead atoms. The monoisotopic (exact) mass is 563 g/mol. The Morgan fingerprint density at radius 1 is 1.29 bits per heavy atom. The number of nitrogens with zero attached hydrogens (tertiary/aromatic N) is 4. The molecule has 3 fully saturated rings. The van der Waals surface area contributed by atoms with E-state index in [2.05, 4.69) is 40.2 Å². The first kappa shape index (κ1) is 33.5. The topological polar surface area (TPSA) is 131 Å². The molecule has 3 atom stereocenters. The van der Waals surface area contributed by atoms with Gasteiger partial charge in [-0.05, 0) is 70.2 Å². The van der Waals surface area contributed by atoms with E-state index < -0.39 is 6.10 Å². The zero-order valence-corrected chi connectivity index (χ0v) is 24.2. The van der Waals surface area contributed by atoms with Crippen LogP contribution in [0.4, 0.5) is 5.82 Å². The van der Waals surface area contributed by atoms with Crippen molar-refractivity contribution in [2.24, 2.45) is 4.99 Å². The number of fused-ring (bicyclic) bond motifs is 2. The zero-order chi connectivity index (χ0) is 28.5. The second kappa shape index (κ2) is 18.6. The van der Waals surface area contributed by atoms with Gasteiger partial charge in [0.15, 0.2) is 0 Å². The van der Waals surface area contributed by atoms with Crippen molar-refractivity contribution < 1.29 is 20.1 Å². The fraction of sp³-hybridized carbons (Fsp3) is 0.481. The first-order valence-corrected chi connectivity index (χ1v) is 14.3. The zero-order valence-electron chi connectivity index (χ0n) is 22.5. The number of pyridine rings is 1. The number of hydrogen-bond acceptors (Lipinski definition) is 10. The van der Waals surface area contributed by atoms with Crippen molar-refractivity contribution in [1.29, 1.82) is 0 Å². The lowest BCUT2D eigenvalue weighted by Gasteiger charge is -2.50. The summed E-state index contributed by atoms with van der Waals surface area (Å²) in [6, 6.07) is 5.22. The number of aliphatic hydroxyl groups is 3.